The van der Waals surface area contributed by atoms with Gasteiger partial charge in [-0.15, -0.1) is 0 Å². The number of hydrogen-bond acceptors (Lipinski definition) is 4. The van der Waals surface area contributed by atoms with E-state index in [1.54, 1.807) is 24.3 Å². The molecular weight excluding hydrogens is 384 g/mol. The third-order valence-electron chi connectivity index (χ3n) is 6.19. The molecule has 7 nitrogen and oxygen atoms in total. The highest BCUT2D eigenvalue weighted by molar-refractivity contribution is 5.96. The van der Waals surface area contributed by atoms with Gasteiger partial charge >= 0.3 is 5.97 Å². The SMILES string of the molecule is CCCCOc1ccc(C(=O)NNC(=O)[C@H]2[C@H](C(=O)O)[C@H]3CC[C@H]2C3=C(C)C)cc1. The van der Waals surface area contributed by atoms with Gasteiger partial charge in [-0.2, -0.15) is 0 Å². The molecule has 0 heterocycles. The molecular formula is C23H30N2O5. The first-order chi connectivity index (χ1) is 14.3. The summed E-state index contributed by atoms with van der Waals surface area (Å²) in [7, 11) is 0. The molecule has 0 aromatic heterocycles. The third-order valence-corrected chi connectivity index (χ3v) is 6.19. The van der Waals surface area contributed by atoms with E-state index in [9.17, 15) is 19.5 Å². The predicted molar refractivity (Wildman–Crippen MR) is 112 cm³/mol. The molecule has 2 fully saturated rings. The molecule has 30 heavy (non-hydrogen) atoms. The smallest absolute Gasteiger partial charge is 0.307 e. The minimum absolute atomic E-state index is 0.0717. The number of ether oxygens (including phenoxy) is 1. The topological polar surface area (TPSA) is 105 Å². The number of hydrazine groups is 1. The molecule has 162 valence electrons. The molecule has 1 aromatic rings. The molecule has 3 N–H and O–H groups in total. The van der Waals surface area contributed by atoms with Crippen molar-refractivity contribution >= 4 is 17.8 Å². The fraction of sp³-hybridized carbons (Fsp3) is 0.522. The number of fused-ring (bicyclic) bond motifs is 2. The van der Waals surface area contributed by atoms with Gasteiger partial charge in [0.15, 0.2) is 0 Å². The molecule has 2 amide bonds. The summed E-state index contributed by atoms with van der Waals surface area (Å²) in [5.74, 6) is -2.74. The zero-order chi connectivity index (χ0) is 21.8. The van der Waals surface area contributed by atoms with Crippen LogP contribution in [0.3, 0.4) is 0 Å². The highest BCUT2D eigenvalue weighted by atomic mass is 16.5. The maximum Gasteiger partial charge on any atom is 0.307 e. The Balaban J connectivity index is 1.61. The van der Waals surface area contributed by atoms with E-state index in [0.717, 1.165) is 36.8 Å². The number of aliphatic carboxylic acids is 1. The number of nitrogens with one attached hydrogen (secondary N) is 2. The monoisotopic (exact) mass is 414 g/mol. The number of carbonyl (C=O) groups excluding carboxylic acids is 2. The molecule has 0 aliphatic heterocycles. The standard InChI is InChI=1S/C23H30N2O5/c1-4-5-12-30-15-8-6-14(7-9-15)21(26)24-25-22(27)19-16-10-11-17(18(16)13(2)3)20(19)23(28)29/h6-9,16-17,19-20H,4-5,10-12H2,1-3H3,(H,24,26)(H,25,27)(H,28,29)/t16-,17-,19+,20+/m0/s1. The van der Waals surface area contributed by atoms with Crippen LogP contribution in [-0.4, -0.2) is 29.5 Å². The van der Waals surface area contributed by atoms with Crippen LogP contribution in [0.15, 0.2) is 35.4 Å². The van der Waals surface area contributed by atoms with Gasteiger partial charge < -0.3 is 9.84 Å². The van der Waals surface area contributed by atoms with Crippen molar-refractivity contribution in [1.82, 2.24) is 10.9 Å². The number of allylic oxidation sites excluding steroid dienone is 2. The summed E-state index contributed by atoms with van der Waals surface area (Å²) in [6, 6.07) is 6.68. The molecule has 0 radical (unpaired) electrons. The summed E-state index contributed by atoms with van der Waals surface area (Å²) < 4.78 is 5.58. The Morgan fingerprint density at radius 1 is 1.03 bits per heavy atom. The zero-order valence-corrected chi connectivity index (χ0v) is 17.7. The van der Waals surface area contributed by atoms with Gasteiger partial charge in [0.2, 0.25) is 5.91 Å². The quantitative estimate of drug-likeness (QED) is 0.361. The number of rotatable bonds is 7. The average molecular weight is 415 g/mol. The van der Waals surface area contributed by atoms with Gasteiger partial charge in [-0.1, -0.05) is 24.5 Å². The van der Waals surface area contributed by atoms with Crippen LogP contribution >= 0.6 is 0 Å². The van der Waals surface area contributed by atoms with Crippen molar-refractivity contribution < 1.29 is 24.2 Å². The molecule has 7 heteroatoms. The van der Waals surface area contributed by atoms with E-state index in [1.165, 1.54) is 0 Å². The van der Waals surface area contributed by atoms with E-state index in [4.69, 9.17) is 4.74 Å². The summed E-state index contributed by atoms with van der Waals surface area (Å²) in [4.78, 5) is 37.1. The van der Waals surface area contributed by atoms with Gasteiger partial charge in [-0.3, -0.25) is 25.2 Å². The fourth-order valence-electron chi connectivity index (χ4n) is 4.92. The van der Waals surface area contributed by atoms with Crippen molar-refractivity contribution in [1.29, 1.82) is 0 Å². The van der Waals surface area contributed by atoms with E-state index >= 15 is 0 Å². The van der Waals surface area contributed by atoms with E-state index in [1.807, 2.05) is 13.8 Å². The molecule has 1 aromatic carbocycles. The Bertz CT molecular complexity index is 842. The van der Waals surface area contributed by atoms with Gasteiger partial charge in [0.05, 0.1) is 18.4 Å². The molecule has 2 saturated carbocycles. The maximum atomic E-state index is 12.8. The first-order valence-corrected chi connectivity index (χ1v) is 10.6. The number of carbonyl (C=O) groups is 3. The highest BCUT2D eigenvalue weighted by Gasteiger charge is 2.57. The predicted octanol–water partition coefficient (Wildman–Crippen LogP) is 3.32. The van der Waals surface area contributed by atoms with Crippen LogP contribution in [0.2, 0.25) is 0 Å². The lowest BCUT2D eigenvalue weighted by Gasteiger charge is -2.26. The number of carboxylic acids is 1. The second kappa shape index (κ2) is 9.32. The highest BCUT2D eigenvalue weighted by Crippen LogP contribution is 2.57. The second-order valence-electron chi connectivity index (χ2n) is 8.31. The van der Waals surface area contributed by atoms with E-state index in [0.29, 0.717) is 17.9 Å². The number of unbranched alkanes of at least 4 members (excludes halogenated alkanes) is 1. The molecule has 4 atom stereocenters. The number of carboxylic acid groups (broad SMARTS) is 1. The molecule has 2 aliphatic carbocycles. The summed E-state index contributed by atoms with van der Waals surface area (Å²) in [5.41, 5.74) is 7.45. The van der Waals surface area contributed by atoms with Crippen LogP contribution in [0, 0.1) is 23.7 Å². The van der Waals surface area contributed by atoms with E-state index < -0.39 is 29.6 Å². The largest absolute Gasteiger partial charge is 0.494 e. The second-order valence-corrected chi connectivity index (χ2v) is 8.31. The van der Waals surface area contributed by atoms with Crippen LogP contribution in [0.1, 0.15) is 56.8 Å². The number of hydrogen-bond donors (Lipinski definition) is 3. The minimum Gasteiger partial charge on any atom is -0.494 e. The van der Waals surface area contributed by atoms with E-state index in [2.05, 4.69) is 17.8 Å². The Kier molecular flexibility index (Phi) is 6.80. The van der Waals surface area contributed by atoms with Crippen LogP contribution in [0.5, 0.6) is 5.75 Å². The lowest BCUT2D eigenvalue weighted by molar-refractivity contribution is -0.149. The molecule has 3 rings (SSSR count). The Morgan fingerprint density at radius 2 is 1.67 bits per heavy atom. The maximum absolute atomic E-state index is 12.8. The summed E-state index contributed by atoms with van der Waals surface area (Å²) in [6.45, 7) is 6.65. The van der Waals surface area contributed by atoms with Crippen LogP contribution < -0.4 is 15.6 Å². The summed E-state index contributed by atoms with van der Waals surface area (Å²) in [5, 5.41) is 9.71. The molecule has 2 bridgehead atoms. The van der Waals surface area contributed by atoms with Crippen molar-refractivity contribution in [2.75, 3.05) is 6.61 Å². The Hall–Kier alpha value is -2.83. The molecule has 0 unspecified atom stereocenters. The summed E-state index contributed by atoms with van der Waals surface area (Å²) >= 11 is 0. The lowest BCUT2D eigenvalue weighted by Crippen LogP contribution is -2.48. The molecule has 0 saturated heterocycles. The fourth-order valence-corrected chi connectivity index (χ4v) is 4.92. The van der Waals surface area contributed by atoms with E-state index in [-0.39, 0.29) is 11.8 Å². The van der Waals surface area contributed by atoms with Crippen LogP contribution in [-0.2, 0) is 9.59 Å². The van der Waals surface area contributed by atoms with Gasteiger partial charge in [-0.05, 0) is 69.2 Å². The zero-order valence-electron chi connectivity index (χ0n) is 17.7. The van der Waals surface area contributed by atoms with Gasteiger partial charge in [0.1, 0.15) is 5.75 Å². The van der Waals surface area contributed by atoms with Crippen molar-refractivity contribution in [3.63, 3.8) is 0 Å². The molecule has 0 spiro atoms. The van der Waals surface area contributed by atoms with Crippen molar-refractivity contribution in [3.05, 3.63) is 41.0 Å². The number of benzene rings is 1. The van der Waals surface area contributed by atoms with Crippen molar-refractivity contribution in [2.24, 2.45) is 23.7 Å². The van der Waals surface area contributed by atoms with Crippen LogP contribution in [0.4, 0.5) is 0 Å². The number of amides is 2. The van der Waals surface area contributed by atoms with Gasteiger partial charge in [-0.25, -0.2) is 0 Å². The minimum atomic E-state index is -0.953. The van der Waals surface area contributed by atoms with Crippen LogP contribution in [0.25, 0.3) is 0 Å². The van der Waals surface area contributed by atoms with Crippen molar-refractivity contribution in [3.8, 4) is 5.75 Å². The molecule has 2 aliphatic rings. The van der Waals surface area contributed by atoms with Gasteiger partial charge in [0.25, 0.3) is 5.91 Å². The normalized spacial score (nSPS) is 24.4. The Labute approximate surface area is 176 Å². The lowest BCUT2D eigenvalue weighted by atomic mass is 9.79. The average Bonchev–Trinajstić information content (AvgIpc) is 3.29. The van der Waals surface area contributed by atoms with Gasteiger partial charge in [0, 0.05) is 5.56 Å². The Morgan fingerprint density at radius 3 is 2.23 bits per heavy atom. The van der Waals surface area contributed by atoms with Crippen molar-refractivity contribution in [2.45, 2.75) is 46.5 Å². The first kappa shape index (κ1) is 21.9. The first-order valence-electron chi connectivity index (χ1n) is 10.6. The summed E-state index contributed by atoms with van der Waals surface area (Å²) in [6.07, 6.45) is 3.61. The third kappa shape index (κ3) is 4.35.